The SMILES string of the molecule is Cc1ccc(-c2nc(CCNC(=O)COc3ccc4c(c3)CCC4)cs2)cc1. The number of fused-ring (bicyclic) bond motifs is 1. The van der Waals surface area contributed by atoms with E-state index >= 15 is 0 Å². The van der Waals surface area contributed by atoms with E-state index in [9.17, 15) is 4.79 Å². The third kappa shape index (κ3) is 4.60. The Labute approximate surface area is 169 Å². The van der Waals surface area contributed by atoms with Gasteiger partial charge in [-0.25, -0.2) is 4.98 Å². The van der Waals surface area contributed by atoms with E-state index in [-0.39, 0.29) is 12.5 Å². The van der Waals surface area contributed by atoms with Crippen LogP contribution >= 0.6 is 11.3 Å². The van der Waals surface area contributed by atoms with Crippen LogP contribution in [0.4, 0.5) is 0 Å². The molecule has 1 N–H and O–H groups in total. The molecule has 0 bridgehead atoms. The van der Waals surface area contributed by atoms with Crippen LogP contribution in [0.1, 0.15) is 28.8 Å². The molecule has 1 aromatic heterocycles. The van der Waals surface area contributed by atoms with Gasteiger partial charge in [-0.2, -0.15) is 0 Å². The summed E-state index contributed by atoms with van der Waals surface area (Å²) in [7, 11) is 0. The highest BCUT2D eigenvalue weighted by Crippen LogP contribution is 2.26. The van der Waals surface area contributed by atoms with Gasteiger partial charge in [0.2, 0.25) is 0 Å². The maximum Gasteiger partial charge on any atom is 0.257 e. The molecule has 5 heteroatoms. The predicted molar refractivity (Wildman–Crippen MR) is 113 cm³/mol. The standard InChI is InChI=1S/C23H24N2O2S/c1-16-5-7-18(8-6-16)23-25-20(15-28-23)11-12-24-22(26)14-27-21-10-9-17-3-2-4-19(17)13-21/h5-10,13,15H,2-4,11-12,14H2,1H3,(H,24,26). The maximum absolute atomic E-state index is 12.0. The molecule has 1 aliphatic carbocycles. The highest BCUT2D eigenvalue weighted by molar-refractivity contribution is 7.13. The zero-order valence-corrected chi connectivity index (χ0v) is 16.8. The fraction of sp³-hybridized carbons (Fsp3) is 0.304. The second-order valence-electron chi connectivity index (χ2n) is 7.18. The number of hydrogen-bond acceptors (Lipinski definition) is 4. The molecular formula is C23H24N2O2S. The van der Waals surface area contributed by atoms with Crippen molar-refractivity contribution >= 4 is 17.2 Å². The molecule has 28 heavy (non-hydrogen) atoms. The average Bonchev–Trinajstić information content (AvgIpc) is 3.36. The van der Waals surface area contributed by atoms with Crippen LogP contribution in [0.5, 0.6) is 5.75 Å². The molecule has 0 radical (unpaired) electrons. The number of benzene rings is 2. The number of hydrogen-bond donors (Lipinski definition) is 1. The second kappa shape index (κ2) is 8.57. The van der Waals surface area contributed by atoms with E-state index in [2.05, 4.69) is 59.0 Å². The zero-order valence-electron chi connectivity index (χ0n) is 16.0. The summed E-state index contributed by atoms with van der Waals surface area (Å²) in [6.07, 6.45) is 4.18. The van der Waals surface area contributed by atoms with Crippen LogP contribution in [-0.4, -0.2) is 24.0 Å². The molecule has 3 aromatic rings. The molecule has 0 aliphatic heterocycles. The van der Waals surface area contributed by atoms with E-state index in [1.807, 2.05) is 6.07 Å². The first-order valence-corrected chi connectivity index (χ1v) is 10.6. The molecule has 0 saturated carbocycles. The molecule has 4 rings (SSSR count). The number of carbonyl (C=O) groups excluding carboxylic acids is 1. The Bertz CT molecular complexity index is 963. The lowest BCUT2D eigenvalue weighted by Crippen LogP contribution is -2.30. The minimum Gasteiger partial charge on any atom is -0.484 e. The van der Waals surface area contributed by atoms with Gasteiger partial charge in [-0.05, 0) is 49.4 Å². The van der Waals surface area contributed by atoms with Gasteiger partial charge in [0, 0.05) is 23.9 Å². The molecule has 4 nitrogen and oxygen atoms in total. The van der Waals surface area contributed by atoms with Gasteiger partial charge in [0.1, 0.15) is 10.8 Å². The highest BCUT2D eigenvalue weighted by Gasteiger charge is 2.12. The van der Waals surface area contributed by atoms with Crippen molar-refractivity contribution in [1.82, 2.24) is 10.3 Å². The van der Waals surface area contributed by atoms with Crippen molar-refractivity contribution in [1.29, 1.82) is 0 Å². The first kappa shape index (κ1) is 18.7. The van der Waals surface area contributed by atoms with Gasteiger partial charge < -0.3 is 10.1 Å². The Hall–Kier alpha value is -2.66. The Kier molecular flexibility index (Phi) is 5.72. The molecule has 0 atom stereocenters. The number of carbonyl (C=O) groups is 1. The zero-order chi connectivity index (χ0) is 19.3. The van der Waals surface area contributed by atoms with Gasteiger partial charge >= 0.3 is 0 Å². The fourth-order valence-corrected chi connectivity index (χ4v) is 4.28. The predicted octanol–water partition coefficient (Wildman–Crippen LogP) is 4.34. The Balaban J connectivity index is 1.22. The van der Waals surface area contributed by atoms with Crippen LogP contribution in [-0.2, 0) is 24.1 Å². The third-order valence-corrected chi connectivity index (χ3v) is 5.93. The second-order valence-corrected chi connectivity index (χ2v) is 8.04. The molecule has 0 unspecified atom stereocenters. The summed E-state index contributed by atoms with van der Waals surface area (Å²) < 4.78 is 5.64. The smallest absolute Gasteiger partial charge is 0.257 e. The largest absolute Gasteiger partial charge is 0.484 e. The minimum atomic E-state index is -0.102. The van der Waals surface area contributed by atoms with E-state index < -0.39 is 0 Å². The summed E-state index contributed by atoms with van der Waals surface area (Å²) in [5, 5.41) is 5.98. The number of amides is 1. The average molecular weight is 393 g/mol. The van der Waals surface area contributed by atoms with E-state index in [0.29, 0.717) is 13.0 Å². The number of nitrogens with one attached hydrogen (secondary N) is 1. The molecule has 0 saturated heterocycles. The third-order valence-electron chi connectivity index (χ3n) is 4.99. The van der Waals surface area contributed by atoms with Gasteiger partial charge in [-0.15, -0.1) is 11.3 Å². The van der Waals surface area contributed by atoms with Crippen molar-refractivity contribution in [2.45, 2.75) is 32.6 Å². The summed E-state index contributed by atoms with van der Waals surface area (Å²) in [5.74, 6) is 0.674. The van der Waals surface area contributed by atoms with Crippen LogP contribution in [0.15, 0.2) is 47.8 Å². The van der Waals surface area contributed by atoms with Crippen LogP contribution in [0.2, 0.25) is 0 Å². The van der Waals surface area contributed by atoms with Crippen molar-refractivity contribution in [3.05, 3.63) is 70.2 Å². The van der Waals surface area contributed by atoms with Crippen molar-refractivity contribution in [3.63, 3.8) is 0 Å². The van der Waals surface area contributed by atoms with E-state index in [4.69, 9.17) is 4.74 Å². The number of ether oxygens (including phenoxy) is 1. The highest BCUT2D eigenvalue weighted by atomic mass is 32.1. The van der Waals surface area contributed by atoms with Crippen LogP contribution in [0, 0.1) is 6.92 Å². The van der Waals surface area contributed by atoms with E-state index in [1.165, 1.54) is 23.1 Å². The van der Waals surface area contributed by atoms with Gasteiger partial charge in [0.05, 0.1) is 5.69 Å². The molecule has 1 aliphatic rings. The van der Waals surface area contributed by atoms with Gasteiger partial charge in [-0.1, -0.05) is 35.9 Å². The van der Waals surface area contributed by atoms with E-state index in [1.54, 1.807) is 11.3 Å². The number of aromatic nitrogens is 1. The maximum atomic E-state index is 12.0. The van der Waals surface area contributed by atoms with Crippen molar-refractivity contribution in [2.24, 2.45) is 0 Å². The van der Waals surface area contributed by atoms with Gasteiger partial charge in [-0.3, -0.25) is 4.79 Å². The number of aryl methyl sites for hydroxylation is 3. The minimum absolute atomic E-state index is 0.0461. The summed E-state index contributed by atoms with van der Waals surface area (Å²) in [6, 6.07) is 14.5. The summed E-state index contributed by atoms with van der Waals surface area (Å²) in [4.78, 5) is 16.7. The molecule has 144 valence electrons. The Morgan fingerprint density at radius 3 is 2.82 bits per heavy atom. The number of nitrogens with zero attached hydrogens (tertiary/aromatic N) is 1. The molecule has 1 heterocycles. The lowest BCUT2D eigenvalue weighted by molar-refractivity contribution is -0.123. The molecule has 2 aromatic carbocycles. The van der Waals surface area contributed by atoms with Crippen LogP contribution in [0.3, 0.4) is 0 Å². The number of thiazole rings is 1. The summed E-state index contributed by atoms with van der Waals surface area (Å²) >= 11 is 1.64. The first-order chi connectivity index (χ1) is 13.7. The van der Waals surface area contributed by atoms with Crippen LogP contribution < -0.4 is 10.1 Å². The fourth-order valence-electron chi connectivity index (χ4n) is 3.42. The lowest BCUT2D eigenvalue weighted by Gasteiger charge is -2.08. The Morgan fingerprint density at radius 2 is 1.96 bits per heavy atom. The summed E-state index contributed by atoms with van der Waals surface area (Å²) in [5.41, 5.74) is 6.13. The summed E-state index contributed by atoms with van der Waals surface area (Å²) in [6.45, 7) is 2.68. The lowest BCUT2D eigenvalue weighted by atomic mass is 10.1. The van der Waals surface area contributed by atoms with Crippen LogP contribution in [0.25, 0.3) is 10.6 Å². The molecular weight excluding hydrogens is 368 g/mol. The quantitative estimate of drug-likeness (QED) is 0.651. The van der Waals surface area contributed by atoms with Gasteiger partial charge in [0.15, 0.2) is 6.61 Å². The number of rotatable bonds is 7. The molecule has 1 amide bonds. The monoisotopic (exact) mass is 392 g/mol. The van der Waals surface area contributed by atoms with E-state index in [0.717, 1.165) is 34.9 Å². The normalized spacial score (nSPS) is 12.6. The Morgan fingerprint density at radius 1 is 1.14 bits per heavy atom. The topological polar surface area (TPSA) is 51.2 Å². The molecule has 0 fully saturated rings. The van der Waals surface area contributed by atoms with Crippen molar-refractivity contribution in [3.8, 4) is 16.3 Å². The van der Waals surface area contributed by atoms with Crippen molar-refractivity contribution < 1.29 is 9.53 Å². The van der Waals surface area contributed by atoms with Gasteiger partial charge in [0.25, 0.3) is 5.91 Å². The van der Waals surface area contributed by atoms with Crippen molar-refractivity contribution in [2.75, 3.05) is 13.2 Å². The molecule has 0 spiro atoms. The first-order valence-electron chi connectivity index (χ1n) is 9.70.